The molecule has 9 nitrogen and oxygen atoms in total. The van der Waals surface area contributed by atoms with Crippen molar-refractivity contribution in [3.8, 4) is 0 Å². The fourth-order valence-corrected chi connectivity index (χ4v) is 5.07. The fraction of sp³-hybridized carbons (Fsp3) is 0.600. The van der Waals surface area contributed by atoms with E-state index in [1.54, 1.807) is 0 Å². The van der Waals surface area contributed by atoms with Gasteiger partial charge in [0.1, 0.15) is 6.61 Å². The molecule has 0 rings (SSSR count). The lowest BCUT2D eigenvalue weighted by Crippen LogP contribution is -2.29. The number of hydrogen-bond donors (Lipinski definition) is 2. The highest BCUT2D eigenvalue weighted by Crippen LogP contribution is 2.43. The van der Waals surface area contributed by atoms with Crippen LogP contribution >= 0.6 is 7.82 Å². The summed E-state index contributed by atoms with van der Waals surface area (Å²) in [6.07, 6.45) is 43.5. The summed E-state index contributed by atoms with van der Waals surface area (Å²) < 4.78 is 32.5. The van der Waals surface area contributed by atoms with Gasteiger partial charge in [0, 0.05) is 19.4 Å². The molecule has 0 radical (unpaired) electrons. The van der Waals surface area contributed by atoms with Gasteiger partial charge in [0.2, 0.25) is 0 Å². The number of esters is 2. The second-order valence-electron chi connectivity index (χ2n) is 11.7. The topological polar surface area (TPSA) is 134 Å². The van der Waals surface area contributed by atoms with Gasteiger partial charge in [0.05, 0.1) is 13.2 Å². The molecule has 0 aliphatic heterocycles. The number of nitrogens with two attached hydrogens (primary N) is 1. The number of carbonyl (C=O) groups excluding carboxylic acids is 2. The van der Waals surface area contributed by atoms with Gasteiger partial charge in [-0.15, -0.1) is 0 Å². The number of carbonyl (C=O) groups is 2. The second-order valence-corrected chi connectivity index (χ2v) is 13.2. The van der Waals surface area contributed by atoms with Gasteiger partial charge in [-0.1, -0.05) is 125 Å². The van der Waals surface area contributed by atoms with Crippen LogP contribution < -0.4 is 5.73 Å². The van der Waals surface area contributed by atoms with Gasteiger partial charge >= 0.3 is 19.8 Å². The molecule has 0 fully saturated rings. The van der Waals surface area contributed by atoms with Crippen molar-refractivity contribution in [2.45, 2.75) is 129 Å². The minimum atomic E-state index is -4.40. The maximum atomic E-state index is 12.5. The van der Waals surface area contributed by atoms with Gasteiger partial charge in [-0.05, 0) is 70.6 Å². The first-order chi connectivity index (χ1) is 24.3. The summed E-state index contributed by atoms with van der Waals surface area (Å²) in [6, 6.07) is 0. The molecule has 2 atom stereocenters. The van der Waals surface area contributed by atoms with Gasteiger partial charge in [-0.3, -0.25) is 18.6 Å². The zero-order chi connectivity index (χ0) is 36.8. The number of phosphoric ester groups is 1. The van der Waals surface area contributed by atoms with Gasteiger partial charge in [0.15, 0.2) is 6.10 Å². The van der Waals surface area contributed by atoms with E-state index in [1.807, 2.05) is 12.2 Å². The Morgan fingerprint density at radius 2 is 1.14 bits per heavy atom. The Morgan fingerprint density at radius 1 is 0.620 bits per heavy atom. The number of unbranched alkanes of at least 4 members (excludes halogenated alkanes) is 6. The molecule has 3 N–H and O–H groups in total. The van der Waals surface area contributed by atoms with E-state index in [-0.39, 0.29) is 32.6 Å². The Morgan fingerprint density at radius 3 is 1.72 bits per heavy atom. The van der Waals surface area contributed by atoms with Crippen molar-refractivity contribution in [1.82, 2.24) is 0 Å². The molecule has 0 spiro atoms. The average molecular weight is 720 g/mol. The maximum absolute atomic E-state index is 12.5. The van der Waals surface area contributed by atoms with Crippen LogP contribution in [0.5, 0.6) is 0 Å². The Kier molecular flexibility index (Phi) is 34.0. The second kappa shape index (κ2) is 36.0. The van der Waals surface area contributed by atoms with Crippen LogP contribution in [-0.4, -0.2) is 49.3 Å². The molecule has 0 heterocycles. The van der Waals surface area contributed by atoms with Crippen molar-refractivity contribution < 1.29 is 37.6 Å². The number of rotatable bonds is 33. The van der Waals surface area contributed by atoms with E-state index in [4.69, 9.17) is 24.3 Å². The van der Waals surface area contributed by atoms with E-state index in [1.165, 1.54) is 6.42 Å². The monoisotopic (exact) mass is 719 g/mol. The van der Waals surface area contributed by atoms with Crippen molar-refractivity contribution in [3.05, 3.63) is 85.1 Å². The molecule has 0 saturated heterocycles. The molecule has 284 valence electrons. The summed E-state index contributed by atoms with van der Waals surface area (Å²) in [4.78, 5) is 34.6. The Bertz CT molecular complexity index is 1090. The summed E-state index contributed by atoms with van der Waals surface area (Å²) in [5.41, 5.74) is 5.32. The molecule has 10 heteroatoms. The van der Waals surface area contributed by atoms with Gasteiger partial charge in [-0.2, -0.15) is 0 Å². The van der Waals surface area contributed by atoms with Gasteiger partial charge in [-0.25, -0.2) is 4.57 Å². The first-order valence-corrected chi connectivity index (χ1v) is 20.1. The van der Waals surface area contributed by atoms with Crippen LogP contribution in [0.2, 0.25) is 0 Å². The van der Waals surface area contributed by atoms with Crippen molar-refractivity contribution in [2.24, 2.45) is 5.73 Å². The highest BCUT2D eigenvalue weighted by molar-refractivity contribution is 7.47. The third-order valence-electron chi connectivity index (χ3n) is 7.01. The standard InChI is InChI=1S/C40H66NO8P/c1-3-5-7-9-11-13-15-16-17-18-19-20-21-22-23-25-27-29-31-33-40(43)49-38(37-48-50(44,45)47-35-34-41)36-46-39(42)32-30-28-26-24-14-12-10-8-6-4-2/h5,7-8,10-11,13,16-17,19-20,22-23,27,29,38H,3-4,6,9,12,14-15,18,21,24-26,28,30-37,41H2,1-2H3,(H,44,45)/b7-5-,10-8-,13-11-,17-16-,20-19-,23-22-,29-27-. The third-order valence-corrected chi connectivity index (χ3v) is 7.99. The summed E-state index contributed by atoms with van der Waals surface area (Å²) in [7, 11) is -4.40. The molecule has 50 heavy (non-hydrogen) atoms. The van der Waals surface area contributed by atoms with E-state index < -0.39 is 32.5 Å². The third kappa shape index (κ3) is 35.0. The Labute approximate surface area is 303 Å². The Hall–Kier alpha value is -2.81. The molecule has 0 bridgehead atoms. The summed E-state index contributed by atoms with van der Waals surface area (Å²) in [5, 5.41) is 0. The molecule has 0 aromatic carbocycles. The molecular weight excluding hydrogens is 653 g/mol. The van der Waals surface area contributed by atoms with E-state index in [0.29, 0.717) is 12.8 Å². The maximum Gasteiger partial charge on any atom is 0.472 e. The largest absolute Gasteiger partial charge is 0.472 e. The van der Waals surface area contributed by atoms with Crippen LogP contribution in [0.1, 0.15) is 123 Å². The van der Waals surface area contributed by atoms with Crippen molar-refractivity contribution in [1.29, 1.82) is 0 Å². The predicted molar refractivity (Wildman–Crippen MR) is 205 cm³/mol. The SMILES string of the molecule is CC/C=C\C/C=C\C/C=C\C/C=C\C/C=C\C/C=C\CCC(=O)OC(COC(=O)CCCCCCC/C=C\CCC)COP(=O)(O)OCCN. The first-order valence-electron chi connectivity index (χ1n) is 18.6. The molecular formula is C40H66NO8P. The van der Waals surface area contributed by atoms with E-state index in [0.717, 1.165) is 77.0 Å². The zero-order valence-electron chi connectivity index (χ0n) is 30.8. The molecule has 0 aromatic rings. The lowest BCUT2D eigenvalue weighted by molar-refractivity contribution is -0.161. The van der Waals surface area contributed by atoms with Crippen molar-refractivity contribution in [2.75, 3.05) is 26.4 Å². The van der Waals surface area contributed by atoms with Crippen LogP contribution in [0.15, 0.2) is 85.1 Å². The highest BCUT2D eigenvalue weighted by Gasteiger charge is 2.25. The van der Waals surface area contributed by atoms with Gasteiger partial charge in [0.25, 0.3) is 0 Å². The minimum Gasteiger partial charge on any atom is -0.462 e. The summed E-state index contributed by atoms with van der Waals surface area (Å²) >= 11 is 0. The van der Waals surface area contributed by atoms with Gasteiger partial charge < -0.3 is 20.1 Å². The lowest BCUT2D eigenvalue weighted by atomic mass is 10.1. The van der Waals surface area contributed by atoms with Crippen molar-refractivity contribution in [3.63, 3.8) is 0 Å². The number of phosphoric acid groups is 1. The normalized spacial score (nSPS) is 14.4. The molecule has 0 amide bonds. The van der Waals surface area contributed by atoms with Crippen LogP contribution in [-0.2, 0) is 32.7 Å². The lowest BCUT2D eigenvalue weighted by Gasteiger charge is -2.19. The number of hydrogen-bond acceptors (Lipinski definition) is 8. The van der Waals surface area contributed by atoms with E-state index >= 15 is 0 Å². The van der Waals surface area contributed by atoms with E-state index in [9.17, 15) is 19.0 Å². The average Bonchev–Trinajstić information content (AvgIpc) is 3.10. The molecule has 0 aliphatic carbocycles. The smallest absolute Gasteiger partial charge is 0.462 e. The van der Waals surface area contributed by atoms with Crippen LogP contribution in [0.3, 0.4) is 0 Å². The van der Waals surface area contributed by atoms with Crippen LogP contribution in [0.4, 0.5) is 0 Å². The molecule has 2 unspecified atom stereocenters. The van der Waals surface area contributed by atoms with Crippen LogP contribution in [0, 0.1) is 0 Å². The molecule has 0 aliphatic rings. The minimum absolute atomic E-state index is 0.0363. The number of allylic oxidation sites excluding steroid dienone is 14. The van der Waals surface area contributed by atoms with Crippen LogP contribution in [0.25, 0.3) is 0 Å². The molecule has 0 saturated carbocycles. The molecule has 0 aromatic heterocycles. The highest BCUT2D eigenvalue weighted by atomic mass is 31.2. The fourth-order valence-electron chi connectivity index (χ4n) is 4.31. The quantitative estimate of drug-likeness (QED) is 0.0294. The zero-order valence-corrected chi connectivity index (χ0v) is 31.7. The first kappa shape index (κ1) is 47.2. The summed E-state index contributed by atoms with van der Waals surface area (Å²) in [6.45, 7) is 3.41. The van der Waals surface area contributed by atoms with E-state index in [2.05, 4.69) is 86.8 Å². The summed E-state index contributed by atoms with van der Waals surface area (Å²) in [5.74, 6) is -0.951. The number of ether oxygens (including phenoxy) is 2. The van der Waals surface area contributed by atoms with Crippen molar-refractivity contribution >= 4 is 19.8 Å². The Balaban J connectivity index is 4.40. The predicted octanol–water partition coefficient (Wildman–Crippen LogP) is 10.1.